The van der Waals surface area contributed by atoms with E-state index in [2.05, 4.69) is 24.5 Å². The van der Waals surface area contributed by atoms with Crippen molar-refractivity contribution in [2.75, 3.05) is 11.9 Å². The van der Waals surface area contributed by atoms with Crippen molar-refractivity contribution in [1.29, 1.82) is 0 Å². The smallest absolute Gasteiger partial charge is 0.333 e. The van der Waals surface area contributed by atoms with Gasteiger partial charge >= 0.3 is 10.3 Å². The normalized spacial score (nSPS) is 27.1. The third-order valence-corrected chi connectivity index (χ3v) is 4.83. The van der Waals surface area contributed by atoms with E-state index in [1.165, 1.54) is 17.2 Å². The molecule has 5 N–H and O–H groups in total. The number of hydrogen-bond acceptors (Lipinski definition) is 10. The SMILES string of the molecule is CCC(C)Nc1ncnc2c1ncn2[C@@H]1O[C@H](COS(N)(=O)=O)[C@@H](O)[C@H]1O. The molecule has 0 bridgehead atoms. The minimum absolute atomic E-state index is 0.170. The highest BCUT2D eigenvalue weighted by atomic mass is 32.2. The maximum absolute atomic E-state index is 10.9. The van der Waals surface area contributed by atoms with Crippen LogP contribution in [0, 0.1) is 0 Å². The fourth-order valence-corrected chi connectivity index (χ4v) is 3.06. The number of nitrogens with zero attached hydrogens (tertiary/aromatic N) is 4. The van der Waals surface area contributed by atoms with Crippen molar-refractivity contribution in [2.45, 2.75) is 50.8 Å². The molecule has 1 aliphatic rings. The lowest BCUT2D eigenvalue weighted by Crippen LogP contribution is -2.35. The number of aromatic nitrogens is 4. The van der Waals surface area contributed by atoms with Crippen LogP contribution in [-0.4, -0.2) is 69.1 Å². The lowest BCUT2D eigenvalue weighted by Gasteiger charge is -2.17. The number of nitrogens with two attached hydrogens (primary N) is 1. The second-order valence-electron chi connectivity index (χ2n) is 6.32. The molecule has 13 heteroatoms. The first-order chi connectivity index (χ1) is 12.7. The highest BCUT2D eigenvalue weighted by Crippen LogP contribution is 2.32. The van der Waals surface area contributed by atoms with Crippen LogP contribution in [0.1, 0.15) is 26.5 Å². The summed E-state index contributed by atoms with van der Waals surface area (Å²) in [7, 11) is -4.20. The number of rotatable bonds is 7. The Balaban J connectivity index is 1.86. The van der Waals surface area contributed by atoms with Crippen LogP contribution < -0.4 is 10.5 Å². The van der Waals surface area contributed by atoms with E-state index in [4.69, 9.17) is 9.88 Å². The first-order valence-electron chi connectivity index (χ1n) is 8.34. The zero-order valence-electron chi connectivity index (χ0n) is 14.8. The van der Waals surface area contributed by atoms with Crippen molar-refractivity contribution in [1.82, 2.24) is 19.5 Å². The van der Waals surface area contributed by atoms with E-state index >= 15 is 0 Å². The number of aliphatic hydroxyl groups is 2. The fourth-order valence-electron chi connectivity index (χ4n) is 2.74. The average Bonchev–Trinajstić information content (AvgIpc) is 3.15. The van der Waals surface area contributed by atoms with Crippen LogP contribution in [0.3, 0.4) is 0 Å². The fraction of sp³-hybridized carbons (Fsp3) is 0.643. The number of hydrogen-bond donors (Lipinski definition) is 4. The molecule has 1 unspecified atom stereocenters. The minimum Gasteiger partial charge on any atom is -0.387 e. The highest BCUT2D eigenvalue weighted by molar-refractivity contribution is 7.84. The third-order valence-electron chi connectivity index (χ3n) is 4.36. The van der Waals surface area contributed by atoms with E-state index in [-0.39, 0.29) is 6.04 Å². The molecule has 150 valence electrons. The second-order valence-corrected chi connectivity index (χ2v) is 7.54. The van der Waals surface area contributed by atoms with Gasteiger partial charge in [0.05, 0.1) is 12.9 Å². The van der Waals surface area contributed by atoms with Gasteiger partial charge in [0.2, 0.25) is 0 Å². The Bertz CT molecular complexity index is 905. The maximum Gasteiger partial charge on any atom is 0.333 e. The largest absolute Gasteiger partial charge is 0.387 e. The van der Waals surface area contributed by atoms with Gasteiger partial charge in [0.1, 0.15) is 24.6 Å². The van der Waals surface area contributed by atoms with Crippen LogP contribution >= 0.6 is 0 Å². The molecule has 1 saturated heterocycles. The maximum atomic E-state index is 10.9. The molecule has 2 aromatic rings. The van der Waals surface area contributed by atoms with E-state index in [1.54, 1.807) is 0 Å². The number of anilines is 1. The summed E-state index contributed by atoms with van der Waals surface area (Å²) in [6.07, 6.45) is -1.22. The number of imidazole rings is 1. The average molecular weight is 402 g/mol. The van der Waals surface area contributed by atoms with Crippen LogP contribution in [-0.2, 0) is 19.2 Å². The summed E-state index contributed by atoms with van der Waals surface area (Å²) in [6.45, 7) is 3.50. The molecule has 12 nitrogen and oxygen atoms in total. The van der Waals surface area contributed by atoms with E-state index in [9.17, 15) is 18.6 Å². The lowest BCUT2D eigenvalue weighted by atomic mass is 10.1. The molecule has 0 aliphatic carbocycles. The molecule has 1 aliphatic heterocycles. The Hall–Kier alpha value is -1.90. The summed E-state index contributed by atoms with van der Waals surface area (Å²) in [5, 5.41) is 28.5. The van der Waals surface area contributed by atoms with Gasteiger partial charge < -0.3 is 20.3 Å². The molecule has 0 radical (unpaired) electrons. The van der Waals surface area contributed by atoms with Crippen molar-refractivity contribution in [2.24, 2.45) is 5.14 Å². The zero-order chi connectivity index (χ0) is 19.8. The predicted molar refractivity (Wildman–Crippen MR) is 93.7 cm³/mol. The van der Waals surface area contributed by atoms with Crippen molar-refractivity contribution in [3.05, 3.63) is 12.7 Å². The van der Waals surface area contributed by atoms with Gasteiger partial charge in [0.25, 0.3) is 0 Å². The second kappa shape index (κ2) is 7.61. The number of fused-ring (bicyclic) bond motifs is 1. The molecule has 1 fully saturated rings. The molecule has 0 amide bonds. The molecule has 0 spiro atoms. The van der Waals surface area contributed by atoms with Crippen LogP contribution in [0.2, 0.25) is 0 Å². The number of nitrogens with one attached hydrogen (secondary N) is 1. The summed E-state index contributed by atoms with van der Waals surface area (Å²) in [6, 6.07) is 0.170. The van der Waals surface area contributed by atoms with E-state index < -0.39 is 41.5 Å². The summed E-state index contributed by atoms with van der Waals surface area (Å²) in [4.78, 5) is 12.6. The third kappa shape index (κ3) is 4.17. The summed E-state index contributed by atoms with van der Waals surface area (Å²) < 4.78 is 33.3. The van der Waals surface area contributed by atoms with Crippen molar-refractivity contribution in [3.63, 3.8) is 0 Å². The minimum atomic E-state index is -4.20. The summed E-state index contributed by atoms with van der Waals surface area (Å²) in [5.41, 5.74) is 0.868. The van der Waals surface area contributed by atoms with Crippen LogP contribution in [0.15, 0.2) is 12.7 Å². The van der Waals surface area contributed by atoms with Gasteiger partial charge in [-0.25, -0.2) is 20.1 Å². The monoisotopic (exact) mass is 402 g/mol. The Morgan fingerprint density at radius 2 is 2.11 bits per heavy atom. The standard InChI is InChI=1S/C14H22N6O6S/c1-3-7(2)19-12-9-13(17-5-16-12)20(6-18-9)14-11(22)10(21)8(26-14)4-25-27(15,23)24/h5-8,10-11,14,21-22H,3-4H2,1-2H3,(H2,15,23,24)(H,16,17,19)/t7?,8-,10-,11-,14-/m1/s1. The first-order valence-corrected chi connectivity index (χ1v) is 9.81. The molecular formula is C14H22N6O6S. The van der Waals surface area contributed by atoms with Crippen molar-refractivity contribution in [3.8, 4) is 0 Å². The molecule has 27 heavy (non-hydrogen) atoms. The van der Waals surface area contributed by atoms with Gasteiger partial charge in [0, 0.05) is 6.04 Å². The molecular weight excluding hydrogens is 380 g/mol. The van der Waals surface area contributed by atoms with Crippen molar-refractivity contribution < 1.29 is 27.6 Å². The number of aliphatic hydroxyl groups excluding tert-OH is 2. The van der Waals surface area contributed by atoms with Gasteiger partial charge in [-0.3, -0.25) is 8.75 Å². The molecule has 3 rings (SSSR count). The number of ether oxygens (including phenoxy) is 1. The van der Waals surface area contributed by atoms with Gasteiger partial charge in [-0.1, -0.05) is 6.92 Å². The quantitative estimate of drug-likeness (QED) is 0.444. The summed E-state index contributed by atoms with van der Waals surface area (Å²) in [5.74, 6) is 0.537. The zero-order valence-corrected chi connectivity index (χ0v) is 15.6. The van der Waals surface area contributed by atoms with Gasteiger partial charge in [-0.05, 0) is 13.3 Å². The Labute approximate surface area is 155 Å². The highest BCUT2D eigenvalue weighted by Gasteiger charge is 2.45. The van der Waals surface area contributed by atoms with Gasteiger partial charge in [-0.15, -0.1) is 0 Å². The Morgan fingerprint density at radius 3 is 2.78 bits per heavy atom. The molecule has 0 saturated carbocycles. The first kappa shape index (κ1) is 19.9. The van der Waals surface area contributed by atoms with Crippen molar-refractivity contribution >= 4 is 27.3 Å². The van der Waals surface area contributed by atoms with E-state index in [1.807, 2.05) is 13.8 Å². The van der Waals surface area contributed by atoms with Crippen LogP contribution in [0.25, 0.3) is 11.2 Å². The van der Waals surface area contributed by atoms with Crippen LogP contribution in [0.4, 0.5) is 5.82 Å². The summed E-state index contributed by atoms with van der Waals surface area (Å²) >= 11 is 0. The Morgan fingerprint density at radius 1 is 1.37 bits per heavy atom. The topological polar surface area (TPSA) is 175 Å². The Kier molecular flexibility index (Phi) is 5.60. The van der Waals surface area contributed by atoms with E-state index in [0.717, 1.165) is 6.42 Å². The van der Waals surface area contributed by atoms with Gasteiger partial charge in [0.15, 0.2) is 23.2 Å². The van der Waals surface area contributed by atoms with Gasteiger partial charge in [-0.2, -0.15) is 8.42 Å². The molecule has 2 aromatic heterocycles. The predicted octanol–water partition coefficient (Wildman–Crippen LogP) is -1.12. The molecule has 5 atom stereocenters. The molecule has 3 heterocycles. The van der Waals surface area contributed by atoms with E-state index in [0.29, 0.717) is 17.0 Å². The van der Waals surface area contributed by atoms with Crippen LogP contribution in [0.5, 0.6) is 0 Å². The molecule has 0 aromatic carbocycles. The lowest BCUT2D eigenvalue weighted by molar-refractivity contribution is -0.0467.